The predicted molar refractivity (Wildman–Crippen MR) is 102 cm³/mol. The summed E-state index contributed by atoms with van der Waals surface area (Å²) in [6.07, 6.45) is 0. The standard InChI is InChI=1S/C17H24N4O4S2/c1-14-17(15(2)19(3)18-14)27(24,25)21-11-9-20(10-12-21)26(22,23)13-16-7-5-4-6-8-16/h4-8H,9-13H2,1-3H3. The van der Waals surface area contributed by atoms with Crippen molar-refractivity contribution in [3.05, 3.63) is 47.3 Å². The number of sulfonamides is 2. The van der Waals surface area contributed by atoms with Crippen molar-refractivity contribution in [1.29, 1.82) is 0 Å². The molecule has 0 saturated carbocycles. The Hall–Kier alpha value is -1.75. The van der Waals surface area contributed by atoms with Crippen molar-refractivity contribution >= 4 is 20.0 Å². The maximum Gasteiger partial charge on any atom is 0.246 e. The van der Waals surface area contributed by atoms with E-state index in [1.54, 1.807) is 49.8 Å². The van der Waals surface area contributed by atoms with Crippen LogP contribution in [0.15, 0.2) is 35.2 Å². The highest BCUT2D eigenvalue weighted by atomic mass is 32.2. The summed E-state index contributed by atoms with van der Waals surface area (Å²) in [5.41, 5.74) is 1.75. The highest BCUT2D eigenvalue weighted by Gasteiger charge is 2.35. The fraction of sp³-hybridized carbons (Fsp3) is 0.471. The molecule has 0 bridgehead atoms. The zero-order valence-corrected chi connectivity index (χ0v) is 17.3. The molecule has 0 N–H and O–H groups in total. The summed E-state index contributed by atoms with van der Waals surface area (Å²) in [7, 11) is -5.48. The third kappa shape index (κ3) is 3.93. The van der Waals surface area contributed by atoms with Gasteiger partial charge in [0.05, 0.1) is 17.1 Å². The second-order valence-corrected chi connectivity index (χ2v) is 10.5. The minimum absolute atomic E-state index is 0.0819. The first-order valence-electron chi connectivity index (χ1n) is 8.65. The Labute approximate surface area is 160 Å². The molecule has 0 radical (unpaired) electrons. The van der Waals surface area contributed by atoms with Crippen LogP contribution in [0.1, 0.15) is 17.0 Å². The molecule has 0 unspecified atom stereocenters. The molecule has 2 aromatic rings. The average molecular weight is 413 g/mol. The minimum Gasteiger partial charge on any atom is -0.271 e. The van der Waals surface area contributed by atoms with Crippen LogP contribution in [-0.2, 0) is 32.8 Å². The first kappa shape index (κ1) is 20.0. The summed E-state index contributed by atoms with van der Waals surface area (Å²) in [6.45, 7) is 3.93. The monoisotopic (exact) mass is 412 g/mol. The van der Waals surface area contributed by atoms with Crippen LogP contribution in [0.3, 0.4) is 0 Å². The van der Waals surface area contributed by atoms with Gasteiger partial charge in [-0.15, -0.1) is 0 Å². The maximum absolute atomic E-state index is 13.0. The zero-order chi connectivity index (χ0) is 19.8. The van der Waals surface area contributed by atoms with Crippen molar-refractivity contribution in [2.75, 3.05) is 26.2 Å². The lowest BCUT2D eigenvalue weighted by atomic mass is 10.2. The van der Waals surface area contributed by atoms with E-state index >= 15 is 0 Å². The van der Waals surface area contributed by atoms with E-state index < -0.39 is 20.0 Å². The molecule has 1 saturated heterocycles. The van der Waals surface area contributed by atoms with Crippen LogP contribution in [0, 0.1) is 13.8 Å². The number of aryl methyl sites for hydroxylation is 2. The van der Waals surface area contributed by atoms with E-state index in [0.29, 0.717) is 17.0 Å². The summed E-state index contributed by atoms with van der Waals surface area (Å²) in [5, 5.41) is 4.18. The minimum atomic E-state index is -3.70. The van der Waals surface area contributed by atoms with Crippen LogP contribution in [0.5, 0.6) is 0 Å². The van der Waals surface area contributed by atoms with Gasteiger partial charge in [0.15, 0.2) is 0 Å². The summed E-state index contributed by atoms with van der Waals surface area (Å²) >= 11 is 0. The highest BCUT2D eigenvalue weighted by Crippen LogP contribution is 2.24. The normalized spacial score (nSPS) is 17.3. The van der Waals surface area contributed by atoms with Crippen LogP contribution < -0.4 is 0 Å². The third-order valence-electron chi connectivity index (χ3n) is 4.82. The molecule has 148 valence electrons. The Bertz CT molecular complexity index is 1020. The summed E-state index contributed by atoms with van der Waals surface area (Å²) in [4.78, 5) is 0.214. The number of hydrogen-bond donors (Lipinski definition) is 0. The number of piperazine rings is 1. The largest absolute Gasteiger partial charge is 0.271 e. The van der Waals surface area contributed by atoms with Gasteiger partial charge in [0, 0.05) is 33.2 Å². The Morgan fingerprint density at radius 1 is 0.926 bits per heavy atom. The van der Waals surface area contributed by atoms with Gasteiger partial charge >= 0.3 is 0 Å². The summed E-state index contributed by atoms with van der Waals surface area (Å²) < 4.78 is 55.5. The average Bonchev–Trinajstić information content (AvgIpc) is 2.88. The lowest BCUT2D eigenvalue weighted by Crippen LogP contribution is -2.50. The first-order valence-corrected chi connectivity index (χ1v) is 11.7. The van der Waals surface area contributed by atoms with Crippen molar-refractivity contribution < 1.29 is 16.8 Å². The van der Waals surface area contributed by atoms with Gasteiger partial charge < -0.3 is 0 Å². The predicted octanol–water partition coefficient (Wildman–Crippen LogP) is 0.873. The molecule has 27 heavy (non-hydrogen) atoms. The molecule has 1 aromatic carbocycles. The molecule has 0 spiro atoms. The van der Waals surface area contributed by atoms with Crippen LogP contribution in [0.25, 0.3) is 0 Å². The SMILES string of the molecule is Cc1nn(C)c(C)c1S(=O)(=O)N1CCN(S(=O)(=O)Cc2ccccc2)CC1. The molecular formula is C17H24N4O4S2. The van der Waals surface area contributed by atoms with E-state index in [4.69, 9.17) is 0 Å². The summed E-state index contributed by atoms with van der Waals surface area (Å²) in [6, 6.07) is 8.97. The summed E-state index contributed by atoms with van der Waals surface area (Å²) in [5.74, 6) is -0.0819. The third-order valence-corrected chi connectivity index (χ3v) is 8.83. The van der Waals surface area contributed by atoms with E-state index in [0.717, 1.165) is 0 Å². The Balaban J connectivity index is 1.73. The molecule has 10 heteroatoms. The lowest BCUT2D eigenvalue weighted by Gasteiger charge is -2.33. The molecule has 2 heterocycles. The van der Waals surface area contributed by atoms with Crippen LogP contribution >= 0.6 is 0 Å². The maximum atomic E-state index is 13.0. The second kappa shape index (κ2) is 7.34. The molecule has 3 rings (SSSR count). The lowest BCUT2D eigenvalue weighted by molar-refractivity contribution is 0.272. The van der Waals surface area contributed by atoms with Crippen molar-refractivity contribution in [3.63, 3.8) is 0 Å². The van der Waals surface area contributed by atoms with E-state index in [2.05, 4.69) is 5.10 Å². The number of hydrogen-bond acceptors (Lipinski definition) is 5. The smallest absolute Gasteiger partial charge is 0.246 e. The highest BCUT2D eigenvalue weighted by molar-refractivity contribution is 7.89. The van der Waals surface area contributed by atoms with Crippen LogP contribution in [0.4, 0.5) is 0 Å². The van der Waals surface area contributed by atoms with Crippen LogP contribution in [0.2, 0.25) is 0 Å². The van der Waals surface area contributed by atoms with Gasteiger partial charge in [0.1, 0.15) is 4.90 Å². The number of rotatable bonds is 5. The molecule has 1 fully saturated rings. The van der Waals surface area contributed by atoms with Gasteiger partial charge in [0.25, 0.3) is 0 Å². The Morgan fingerprint density at radius 3 is 2.00 bits per heavy atom. The number of benzene rings is 1. The van der Waals surface area contributed by atoms with Crippen molar-refractivity contribution in [2.45, 2.75) is 24.5 Å². The Kier molecular flexibility index (Phi) is 5.44. The molecule has 0 aliphatic carbocycles. The van der Waals surface area contributed by atoms with Gasteiger partial charge in [-0.1, -0.05) is 30.3 Å². The fourth-order valence-electron chi connectivity index (χ4n) is 3.32. The topological polar surface area (TPSA) is 92.6 Å². The second-order valence-electron chi connectivity index (χ2n) is 6.67. The van der Waals surface area contributed by atoms with Gasteiger partial charge in [-0.3, -0.25) is 4.68 Å². The van der Waals surface area contributed by atoms with Gasteiger partial charge in [0.2, 0.25) is 20.0 Å². The van der Waals surface area contributed by atoms with Crippen molar-refractivity contribution in [2.24, 2.45) is 7.05 Å². The fourth-order valence-corrected chi connectivity index (χ4v) is 6.66. The van der Waals surface area contributed by atoms with E-state index in [1.165, 1.54) is 8.61 Å². The molecule has 0 atom stereocenters. The van der Waals surface area contributed by atoms with E-state index in [1.807, 2.05) is 6.07 Å². The number of nitrogens with zero attached hydrogens (tertiary/aromatic N) is 4. The van der Waals surface area contributed by atoms with E-state index in [-0.39, 0.29) is 36.8 Å². The molecule has 8 nitrogen and oxygen atoms in total. The first-order chi connectivity index (χ1) is 12.6. The van der Waals surface area contributed by atoms with Crippen molar-refractivity contribution in [1.82, 2.24) is 18.4 Å². The van der Waals surface area contributed by atoms with Crippen LogP contribution in [-0.4, -0.2) is 61.4 Å². The van der Waals surface area contributed by atoms with E-state index in [9.17, 15) is 16.8 Å². The van der Waals surface area contributed by atoms with Gasteiger partial charge in [-0.2, -0.15) is 13.7 Å². The molecule has 1 aliphatic rings. The molecule has 1 aromatic heterocycles. The molecule has 0 amide bonds. The number of aromatic nitrogens is 2. The van der Waals surface area contributed by atoms with Gasteiger partial charge in [-0.05, 0) is 19.4 Å². The van der Waals surface area contributed by atoms with Crippen molar-refractivity contribution in [3.8, 4) is 0 Å². The van der Waals surface area contributed by atoms with Gasteiger partial charge in [-0.25, -0.2) is 16.8 Å². The quantitative estimate of drug-likeness (QED) is 0.727. The molecular weight excluding hydrogens is 388 g/mol. The Morgan fingerprint density at radius 2 is 1.48 bits per heavy atom. The zero-order valence-electron chi connectivity index (χ0n) is 15.7. The molecule has 1 aliphatic heterocycles.